The fourth-order valence-corrected chi connectivity index (χ4v) is 6.53. The summed E-state index contributed by atoms with van der Waals surface area (Å²) in [7, 11) is 1.66. The third-order valence-electron chi connectivity index (χ3n) is 8.90. The quantitative estimate of drug-likeness (QED) is 0.298. The largest absolute Gasteiger partial charge is 0.493 e. The lowest BCUT2D eigenvalue weighted by molar-refractivity contribution is -0.132. The summed E-state index contributed by atoms with van der Waals surface area (Å²) in [6.07, 6.45) is 4.18. The molecule has 224 valence electrons. The second-order valence-electron chi connectivity index (χ2n) is 12.0. The molecule has 8 heteroatoms. The summed E-state index contributed by atoms with van der Waals surface area (Å²) < 4.78 is 7.82. The van der Waals surface area contributed by atoms with Crippen LogP contribution in [0.3, 0.4) is 0 Å². The zero-order chi connectivity index (χ0) is 29.9. The molecule has 43 heavy (non-hydrogen) atoms. The van der Waals surface area contributed by atoms with Crippen molar-refractivity contribution < 1.29 is 14.3 Å². The van der Waals surface area contributed by atoms with Crippen LogP contribution in [0.25, 0.3) is 22.2 Å². The van der Waals surface area contributed by atoms with Crippen LogP contribution >= 0.6 is 0 Å². The molecule has 2 unspecified atom stereocenters. The van der Waals surface area contributed by atoms with Crippen molar-refractivity contribution in [1.82, 2.24) is 19.8 Å². The average Bonchev–Trinajstić information content (AvgIpc) is 3.65. The van der Waals surface area contributed by atoms with Crippen molar-refractivity contribution in [3.05, 3.63) is 83.2 Å². The van der Waals surface area contributed by atoms with Crippen LogP contribution in [0.2, 0.25) is 0 Å². The predicted octanol–water partition coefficient (Wildman–Crippen LogP) is 4.75. The van der Waals surface area contributed by atoms with E-state index in [0.717, 1.165) is 66.1 Å². The number of imidazole rings is 1. The van der Waals surface area contributed by atoms with Crippen LogP contribution in [-0.2, 0) is 29.0 Å². The van der Waals surface area contributed by atoms with E-state index in [0.29, 0.717) is 32.4 Å². The molecule has 6 rings (SSSR count). The zero-order valence-electron chi connectivity index (χ0n) is 25.1. The third-order valence-corrected chi connectivity index (χ3v) is 8.90. The van der Waals surface area contributed by atoms with Crippen LogP contribution in [0.15, 0.2) is 60.7 Å². The number of fused-ring (bicyclic) bond motifs is 2. The summed E-state index contributed by atoms with van der Waals surface area (Å²) in [6.45, 7) is 4.74. The van der Waals surface area contributed by atoms with Gasteiger partial charge in [-0.25, -0.2) is 4.98 Å². The van der Waals surface area contributed by atoms with Gasteiger partial charge in [0, 0.05) is 57.9 Å². The van der Waals surface area contributed by atoms with Gasteiger partial charge in [-0.15, -0.1) is 0 Å². The maximum absolute atomic E-state index is 13.4. The molecule has 1 fully saturated rings. The number of likely N-dealkylation sites (tertiary alicyclic amines) is 1. The molecule has 3 N–H and O–H groups in total. The fraction of sp³-hybridized carbons (Fsp3) is 0.400. The molecule has 0 saturated carbocycles. The van der Waals surface area contributed by atoms with E-state index in [1.54, 1.807) is 7.05 Å². The minimum absolute atomic E-state index is 0.00265. The van der Waals surface area contributed by atoms with Crippen LogP contribution in [0.5, 0.6) is 5.75 Å². The van der Waals surface area contributed by atoms with Gasteiger partial charge in [0.15, 0.2) is 0 Å². The topological polar surface area (TPSA) is 102 Å². The first-order valence-corrected chi connectivity index (χ1v) is 15.4. The maximum atomic E-state index is 13.4. The van der Waals surface area contributed by atoms with E-state index < -0.39 is 0 Å². The maximum Gasteiger partial charge on any atom is 0.224 e. The van der Waals surface area contributed by atoms with Gasteiger partial charge in [0.25, 0.3) is 0 Å². The minimum Gasteiger partial charge on any atom is -0.493 e. The van der Waals surface area contributed by atoms with Crippen molar-refractivity contribution in [2.24, 2.45) is 5.73 Å². The molecule has 0 aliphatic carbocycles. The van der Waals surface area contributed by atoms with Crippen molar-refractivity contribution in [2.45, 2.75) is 64.0 Å². The van der Waals surface area contributed by atoms with Gasteiger partial charge in [-0.2, -0.15) is 0 Å². The molecule has 2 aliphatic rings. The number of hydrogen-bond donors (Lipinski definition) is 2. The first-order chi connectivity index (χ1) is 20.9. The van der Waals surface area contributed by atoms with Gasteiger partial charge in [0.05, 0.1) is 17.6 Å². The number of nitrogens with zero attached hydrogens (tertiary/aromatic N) is 3. The van der Waals surface area contributed by atoms with Gasteiger partial charge in [0.1, 0.15) is 11.6 Å². The Morgan fingerprint density at radius 2 is 1.93 bits per heavy atom. The summed E-state index contributed by atoms with van der Waals surface area (Å²) >= 11 is 0. The minimum atomic E-state index is -0.254. The first kappa shape index (κ1) is 28.9. The Morgan fingerprint density at radius 3 is 2.74 bits per heavy atom. The van der Waals surface area contributed by atoms with E-state index in [4.69, 9.17) is 15.5 Å². The molecule has 4 aromatic rings. The average molecular weight is 580 g/mol. The van der Waals surface area contributed by atoms with Crippen molar-refractivity contribution in [1.29, 1.82) is 0 Å². The standard InChI is InChI=1S/C35H41N5O3/c1-23-5-3-7-30-34(23)38-35(40(30)17-14-32(41)37-2)28-6-4-16-39(22-28)33(42)21-29(36)19-24-8-10-25(11-9-24)26-12-13-31-27(20-26)15-18-43-31/h3,5,7-13,20,28-29H,4,6,14-19,21-22,36H2,1-2H3,(H,37,41). The van der Waals surface area contributed by atoms with Gasteiger partial charge < -0.3 is 25.3 Å². The Balaban J connectivity index is 1.09. The molecule has 2 aliphatic heterocycles. The molecule has 2 amide bonds. The number of piperidine rings is 1. The van der Waals surface area contributed by atoms with Crippen molar-refractivity contribution in [3.8, 4) is 16.9 Å². The van der Waals surface area contributed by atoms with Gasteiger partial charge in [-0.1, -0.05) is 42.5 Å². The molecular formula is C35H41N5O3. The number of ether oxygens (including phenoxy) is 1. The molecule has 0 radical (unpaired) electrons. The number of carbonyl (C=O) groups is 2. The molecule has 3 heterocycles. The van der Waals surface area contributed by atoms with E-state index in [1.165, 1.54) is 16.7 Å². The summed E-state index contributed by atoms with van der Waals surface area (Å²) in [5, 5.41) is 2.72. The Kier molecular flexibility index (Phi) is 8.47. The molecule has 1 saturated heterocycles. The van der Waals surface area contributed by atoms with Crippen LogP contribution in [0, 0.1) is 6.92 Å². The van der Waals surface area contributed by atoms with E-state index >= 15 is 0 Å². The smallest absolute Gasteiger partial charge is 0.224 e. The number of hydrogen-bond acceptors (Lipinski definition) is 5. The summed E-state index contributed by atoms with van der Waals surface area (Å²) in [5.74, 6) is 2.17. The number of rotatable bonds is 9. The molecule has 0 bridgehead atoms. The number of para-hydroxylation sites is 1. The Hall–Kier alpha value is -4.17. The number of benzene rings is 3. The normalized spacial score (nSPS) is 17.0. The number of aryl methyl sites for hydroxylation is 2. The highest BCUT2D eigenvalue weighted by Crippen LogP contribution is 2.32. The predicted molar refractivity (Wildman–Crippen MR) is 169 cm³/mol. The Morgan fingerprint density at radius 1 is 1.12 bits per heavy atom. The molecule has 3 aromatic carbocycles. The highest BCUT2D eigenvalue weighted by molar-refractivity contribution is 5.81. The fourth-order valence-electron chi connectivity index (χ4n) is 6.53. The van der Waals surface area contributed by atoms with Crippen LogP contribution in [-0.4, -0.2) is 59.1 Å². The number of amides is 2. The summed E-state index contributed by atoms with van der Waals surface area (Å²) in [5.41, 5.74) is 14.4. The van der Waals surface area contributed by atoms with Crippen molar-refractivity contribution in [3.63, 3.8) is 0 Å². The summed E-state index contributed by atoms with van der Waals surface area (Å²) in [6, 6.07) is 20.8. The first-order valence-electron chi connectivity index (χ1n) is 15.4. The highest BCUT2D eigenvalue weighted by atomic mass is 16.5. The SMILES string of the molecule is CNC(=O)CCn1c(C2CCCN(C(=O)CC(N)Cc3ccc(-c4ccc5c(c4)CCO5)cc3)C2)nc2c(C)cccc21. The van der Waals surface area contributed by atoms with Crippen molar-refractivity contribution >= 4 is 22.8 Å². The van der Waals surface area contributed by atoms with Gasteiger partial charge in [-0.05, 0) is 72.2 Å². The highest BCUT2D eigenvalue weighted by Gasteiger charge is 2.29. The van der Waals surface area contributed by atoms with Crippen molar-refractivity contribution in [2.75, 3.05) is 26.7 Å². The summed E-state index contributed by atoms with van der Waals surface area (Å²) in [4.78, 5) is 32.5. The Labute approximate surface area is 253 Å². The lowest BCUT2D eigenvalue weighted by Gasteiger charge is -2.33. The molecular weight excluding hydrogens is 538 g/mol. The third kappa shape index (κ3) is 6.30. The van der Waals surface area contributed by atoms with E-state index in [1.807, 2.05) is 11.0 Å². The second-order valence-corrected chi connectivity index (χ2v) is 12.0. The van der Waals surface area contributed by atoms with Crippen LogP contribution < -0.4 is 15.8 Å². The van der Waals surface area contributed by atoms with Gasteiger partial charge in [0.2, 0.25) is 11.8 Å². The van der Waals surface area contributed by atoms with Crippen LogP contribution in [0.1, 0.15) is 54.1 Å². The number of aromatic nitrogens is 2. The lowest BCUT2D eigenvalue weighted by atomic mass is 9.95. The number of carbonyl (C=O) groups excluding carboxylic acids is 2. The molecule has 8 nitrogen and oxygen atoms in total. The number of nitrogens with one attached hydrogen (secondary N) is 1. The molecule has 1 aromatic heterocycles. The zero-order valence-corrected chi connectivity index (χ0v) is 25.1. The van der Waals surface area contributed by atoms with Gasteiger partial charge in [-0.3, -0.25) is 9.59 Å². The van der Waals surface area contributed by atoms with Gasteiger partial charge >= 0.3 is 0 Å². The molecule has 0 spiro atoms. The van der Waals surface area contributed by atoms with Crippen LogP contribution in [0.4, 0.5) is 0 Å². The Bertz CT molecular complexity index is 1630. The van der Waals surface area contributed by atoms with E-state index in [9.17, 15) is 9.59 Å². The molecule has 2 atom stereocenters. The monoisotopic (exact) mass is 579 g/mol. The van der Waals surface area contributed by atoms with E-state index in [2.05, 4.69) is 71.4 Å². The van der Waals surface area contributed by atoms with E-state index in [-0.39, 0.29) is 23.8 Å². The lowest BCUT2D eigenvalue weighted by Crippen LogP contribution is -2.42. The second kappa shape index (κ2) is 12.6. The number of nitrogens with two attached hydrogens (primary N) is 1.